The molecule has 1 amide bonds. The van der Waals surface area contributed by atoms with E-state index in [1.54, 1.807) is 6.08 Å². The maximum Gasteiger partial charge on any atom is 0.249 e. The maximum atomic E-state index is 12.4. The fraction of sp³-hybridized carbons (Fsp3) is 0.786. The molecule has 0 aliphatic carbocycles. The van der Waals surface area contributed by atoms with Crippen LogP contribution in [-0.2, 0) is 4.79 Å². The van der Waals surface area contributed by atoms with Crippen molar-refractivity contribution in [3.63, 3.8) is 0 Å². The lowest BCUT2D eigenvalue weighted by atomic mass is 10.0. The zero-order valence-electron chi connectivity index (χ0n) is 30.9. The molecule has 0 aromatic heterocycles. The Kier molecular flexibility index (Phi) is 35.8. The van der Waals surface area contributed by atoms with Crippen molar-refractivity contribution < 1.29 is 20.1 Å². The molecule has 0 aliphatic rings. The van der Waals surface area contributed by atoms with Gasteiger partial charge in [-0.2, -0.15) is 0 Å². The Morgan fingerprint density at radius 3 is 1.47 bits per heavy atom. The summed E-state index contributed by atoms with van der Waals surface area (Å²) in [5.74, 6) is -0.524. The van der Waals surface area contributed by atoms with Gasteiger partial charge in [-0.25, -0.2) is 0 Å². The highest BCUT2D eigenvalue weighted by molar-refractivity contribution is 5.80. The summed E-state index contributed by atoms with van der Waals surface area (Å²) < 4.78 is 0. The van der Waals surface area contributed by atoms with E-state index in [-0.39, 0.29) is 6.61 Å². The summed E-state index contributed by atoms with van der Waals surface area (Å²) in [7, 11) is 0. The Morgan fingerprint density at radius 1 is 0.532 bits per heavy atom. The van der Waals surface area contributed by atoms with E-state index in [1.807, 2.05) is 6.08 Å². The van der Waals surface area contributed by atoms with Crippen molar-refractivity contribution in [2.24, 2.45) is 0 Å². The molecule has 4 N–H and O–H groups in total. The van der Waals surface area contributed by atoms with Gasteiger partial charge in [0, 0.05) is 0 Å². The van der Waals surface area contributed by atoms with Crippen molar-refractivity contribution in [1.29, 1.82) is 0 Å². The quantitative estimate of drug-likeness (QED) is 0.0402. The van der Waals surface area contributed by atoms with E-state index in [0.717, 1.165) is 51.4 Å². The second-order valence-corrected chi connectivity index (χ2v) is 13.5. The Hall–Kier alpha value is -1.69. The summed E-state index contributed by atoms with van der Waals surface area (Å²) in [5, 5.41) is 33.0. The van der Waals surface area contributed by atoms with Crippen LogP contribution in [0.3, 0.4) is 0 Å². The Morgan fingerprint density at radius 2 is 0.936 bits per heavy atom. The van der Waals surface area contributed by atoms with Crippen LogP contribution in [0.5, 0.6) is 0 Å². The number of rotatable bonds is 35. The van der Waals surface area contributed by atoms with E-state index in [0.29, 0.717) is 6.42 Å². The van der Waals surface area contributed by atoms with Crippen LogP contribution in [0.15, 0.2) is 48.6 Å². The molecule has 3 unspecified atom stereocenters. The van der Waals surface area contributed by atoms with Gasteiger partial charge in [-0.1, -0.05) is 172 Å². The third-order valence-corrected chi connectivity index (χ3v) is 8.89. The summed E-state index contributed by atoms with van der Waals surface area (Å²) in [4.78, 5) is 12.4. The van der Waals surface area contributed by atoms with Crippen molar-refractivity contribution in [2.75, 3.05) is 6.61 Å². The van der Waals surface area contributed by atoms with E-state index >= 15 is 0 Å². The average molecular weight is 660 g/mol. The van der Waals surface area contributed by atoms with Gasteiger partial charge >= 0.3 is 0 Å². The fourth-order valence-corrected chi connectivity index (χ4v) is 5.70. The highest BCUT2D eigenvalue weighted by Crippen LogP contribution is 2.13. The molecule has 3 atom stereocenters. The van der Waals surface area contributed by atoms with Crippen LogP contribution in [0, 0.1) is 0 Å². The third-order valence-electron chi connectivity index (χ3n) is 8.89. The molecule has 0 saturated carbocycles. The first kappa shape index (κ1) is 45.3. The molecule has 47 heavy (non-hydrogen) atoms. The molecule has 0 aromatic carbocycles. The first-order valence-electron chi connectivity index (χ1n) is 20.0. The van der Waals surface area contributed by atoms with E-state index in [9.17, 15) is 20.1 Å². The first-order chi connectivity index (χ1) is 23.1. The van der Waals surface area contributed by atoms with Crippen LogP contribution >= 0.6 is 0 Å². The lowest BCUT2D eigenvalue weighted by Gasteiger charge is -2.21. The molecule has 0 radical (unpaired) electrons. The normalized spacial score (nSPS) is 14.2. The van der Waals surface area contributed by atoms with Gasteiger partial charge in [-0.15, -0.1) is 0 Å². The van der Waals surface area contributed by atoms with Gasteiger partial charge in [-0.05, 0) is 64.2 Å². The Bertz CT molecular complexity index is 775. The molecule has 274 valence electrons. The van der Waals surface area contributed by atoms with Gasteiger partial charge in [0.1, 0.15) is 6.10 Å². The van der Waals surface area contributed by atoms with Gasteiger partial charge in [0.15, 0.2) is 0 Å². The van der Waals surface area contributed by atoms with Crippen LogP contribution in [0.2, 0.25) is 0 Å². The predicted octanol–water partition coefficient (Wildman–Crippen LogP) is 11.0. The van der Waals surface area contributed by atoms with Crippen molar-refractivity contribution in [3.8, 4) is 0 Å². The van der Waals surface area contributed by atoms with Gasteiger partial charge in [0.2, 0.25) is 5.91 Å². The monoisotopic (exact) mass is 660 g/mol. The zero-order valence-corrected chi connectivity index (χ0v) is 30.9. The van der Waals surface area contributed by atoms with Crippen molar-refractivity contribution in [3.05, 3.63) is 48.6 Å². The second-order valence-electron chi connectivity index (χ2n) is 13.5. The highest BCUT2D eigenvalue weighted by Gasteiger charge is 2.22. The minimum Gasteiger partial charge on any atom is -0.394 e. The van der Waals surface area contributed by atoms with Crippen LogP contribution in [-0.4, -0.2) is 46.1 Å². The molecule has 0 aliphatic heterocycles. The lowest BCUT2D eigenvalue weighted by molar-refractivity contribution is -0.131. The average Bonchev–Trinajstić information content (AvgIpc) is 3.07. The summed E-state index contributed by atoms with van der Waals surface area (Å²) in [6.07, 6.45) is 47.0. The molecule has 0 aromatic rings. The molecule has 5 heteroatoms. The van der Waals surface area contributed by atoms with Crippen LogP contribution < -0.4 is 5.32 Å². The van der Waals surface area contributed by atoms with Gasteiger partial charge in [0.05, 0.1) is 18.8 Å². The Balaban J connectivity index is 3.80. The number of amides is 1. The Labute approximate surface area is 291 Å². The molecular weight excluding hydrogens is 582 g/mol. The molecule has 0 saturated heterocycles. The number of nitrogens with one attached hydrogen (secondary N) is 1. The first-order valence-corrected chi connectivity index (χ1v) is 20.0. The van der Waals surface area contributed by atoms with Crippen molar-refractivity contribution in [2.45, 2.75) is 205 Å². The van der Waals surface area contributed by atoms with Crippen LogP contribution in [0.25, 0.3) is 0 Å². The van der Waals surface area contributed by atoms with E-state index in [2.05, 4.69) is 55.6 Å². The van der Waals surface area contributed by atoms with E-state index in [4.69, 9.17) is 0 Å². The summed E-state index contributed by atoms with van der Waals surface area (Å²) in [6.45, 7) is 4.12. The number of carbonyl (C=O) groups is 1. The summed E-state index contributed by atoms with van der Waals surface area (Å²) in [5.41, 5.74) is 0. The number of aliphatic hydroxyl groups excluding tert-OH is 3. The fourth-order valence-electron chi connectivity index (χ4n) is 5.70. The number of hydrogen-bond donors (Lipinski definition) is 4. The maximum absolute atomic E-state index is 12.4. The topological polar surface area (TPSA) is 89.8 Å². The number of aliphatic hydroxyl groups is 3. The zero-order chi connectivity index (χ0) is 34.5. The number of unbranched alkanes of at least 4 members (excludes halogenated alkanes) is 21. The highest BCUT2D eigenvalue weighted by atomic mass is 16.3. The molecule has 0 heterocycles. The number of hydrogen-bond acceptors (Lipinski definition) is 4. The molecular formula is C42H77NO4. The minimum atomic E-state index is -1.11. The summed E-state index contributed by atoms with van der Waals surface area (Å²) in [6, 6.07) is -0.819. The van der Waals surface area contributed by atoms with E-state index in [1.165, 1.54) is 116 Å². The van der Waals surface area contributed by atoms with Gasteiger partial charge in [0.25, 0.3) is 0 Å². The molecule has 0 fully saturated rings. The molecule has 0 bridgehead atoms. The lowest BCUT2D eigenvalue weighted by Crippen LogP contribution is -2.48. The number of allylic oxidation sites excluding steroid dienone is 7. The van der Waals surface area contributed by atoms with Gasteiger partial charge < -0.3 is 20.6 Å². The molecule has 0 rings (SSSR count). The third kappa shape index (κ3) is 32.6. The standard InChI is InChI=1S/C42H77NO4/c1-3-5-7-9-11-13-15-17-19-21-23-24-26-28-30-32-34-36-40(45)39(38-44)43-42(47)41(46)37-35-33-31-29-27-25-22-20-18-16-14-12-10-8-6-4-2/h12,14,18,20,26,28,34,36,39-41,44-46H,3-11,13,15-17,19,21-25,27,29-33,35,37-38H2,1-2H3,(H,43,47)/b14-12-,20-18-,28-26+,36-34+. The molecule has 0 spiro atoms. The largest absolute Gasteiger partial charge is 0.394 e. The van der Waals surface area contributed by atoms with Crippen molar-refractivity contribution >= 4 is 5.91 Å². The molecule has 5 nitrogen and oxygen atoms in total. The van der Waals surface area contributed by atoms with E-state index < -0.39 is 24.2 Å². The van der Waals surface area contributed by atoms with Gasteiger partial charge in [-0.3, -0.25) is 4.79 Å². The van der Waals surface area contributed by atoms with Crippen LogP contribution in [0.4, 0.5) is 0 Å². The number of carbonyl (C=O) groups excluding carboxylic acids is 1. The SMILES string of the molecule is CCCCC/C=C\C/C=C\CCCCCCCCC(O)C(=O)NC(CO)C(O)/C=C/CC/C=C/CCCCCCCCCCCCC. The summed E-state index contributed by atoms with van der Waals surface area (Å²) >= 11 is 0. The van der Waals surface area contributed by atoms with Crippen molar-refractivity contribution in [1.82, 2.24) is 5.32 Å². The predicted molar refractivity (Wildman–Crippen MR) is 204 cm³/mol. The minimum absolute atomic E-state index is 0.381. The second kappa shape index (κ2) is 37.1. The van der Waals surface area contributed by atoms with Crippen LogP contribution in [0.1, 0.15) is 187 Å². The smallest absolute Gasteiger partial charge is 0.249 e.